The zero-order chi connectivity index (χ0) is 12.3. The molecule has 17 heavy (non-hydrogen) atoms. The molecule has 0 aliphatic carbocycles. The summed E-state index contributed by atoms with van der Waals surface area (Å²) in [5.41, 5.74) is 6.26. The number of anilines is 2. The van der Waals surface area contributed by atoms with Gasteiger partial charge in [0.1, 0.15) is 5.82 Å². The molecule has 0 spiro atoms. The second-order valence-corrected chi connectivity index (χ2v) is 3.89. The van der Waals surface area contributed by atoms with Crippen molar-refractivity contribution in [3.05, 3.63) is 6.20 Å². The summed E-state index contributed by atoms with van der Waals surface area (Å²) in [4.78, 5) is 8.23. The number of fused-ring (bicyclic) bond motifs is 1. The molecule has 0 amide bonds. The van der Waals surface area contributed by atoms with Crippen molar-refractivity contribution in [2.75, 3.05) is 24.8 Å². The summed E-state index contributed by atoms with van der Waals surface area (Å²) in [5.74, 6) is 0.924. The van der Waals surface area contributed by atoms with Gasteiger partial charge >= 0.3 is 0 Å². The molecule has 4 N–H and O–H groups in total. The van der Waals surface area contributed by atoms with Gasteiger partial charge in [-0.3, -0.25) is 5.10 Å². The van der Waals surface area contributed by atoms with Crippen LogP contribution in [-0.4, -0.2) is 39.9 Å². The zero-order valence-electron chi connectivity index (χ0n) is 9.90. The third-order valence-corrected chi connectivity index (χ3v) is 2.47. The Kier molecular flexibility index (Phi) is 3.38. The fourth-order valence-electron chi connectivity index (χ4n) is 1.56. The van der Waals surface area contributed by atoms with Gasteiger partial charge in [0.25, 0.3) is 0 Å². The first kappa shape index (κ1) is 11.6. The largest absolute Gasteiger partial charge is 0.385 e. The first-order valence-electron chi connectivity index (χ1n) is 5.42. The van der Waals surface area contributed by atoms with E-state index in [4.69, 9.17) is 10.5 Å². The summed E-state index contributed by atoms with van der Waals surface area (Å²) in [6, 6.07) is 0.238. The van der Waals surface area contributed by atoms with Crippen LogP contribution in [0.5, 0.6) is 0 Å². The molecule has 0 aliphatic heterocycles. The number of H-pyrrole nitrogens is 1. The molecule has 1 unspecified atom stereocenters. The average molecular weight is 236 g/mol. The monoisotopic (exact) mass is 236 g/mol. The quantitative estimate of drug-likeness (QED) is 0.708. The highest BCUT2D eigenvalue weighted by molar-refractivity contribution is 5.86. The average Bonchev–Trinajstić information content (AvgIpc) is 2.74. The Morgan fingerprint density at radius 1 is 1.53 bits per heavy atom. The minimum Gasteiger partial charge on any atom is -0.385 e. The maximum Gasteiger partial charge on any atom is 0.224 e. The molecule has 2 heterocycles. The molecule has 7 nitrogen and oxygen atoms in total. The van der Waals surface area contributed by atoms with Crippen LogP contribution in [-0.2, 0) is 4.74 Å². The fraction of sp³-hybridized carbons (Fsp3) is 0.500. The Morgan fingerprint density at radius 2 is 2.35 bits per heavy atom. The van der Waals surface area contributed by atoms with E-state index in [1.54, 1.807) is 13.3 Å². The van der Waals surface area contributed by atoms with Crippen LogP contribution in [0.15, 0.2) is 6.20 Å². The molecule has 2 rings (SSSR count). The van der Waals surface area contributed by atoms with E-state index in [0.717, 1.165) is 11.8 Å². The second-order valence-electron chi connectivity index (χ2n) is 3.89. The van der Waals surface area contributed by atoms with Crippen LogP contribution in [0.4, 0.5) is 11.8 Å². The molecule has 0 saturated heterocycles. The lowest BCUT2D eigenvalue weighted by Gasteiger charge is -2.14. The van der Waals surface area contributed by atoms with Gasteiger partial charge in [-0.15, -0.1) is 0 Å². The van der Waals surface area contributed by atoms with Crippen molar-refractivity contribution in [2.45, 2.75) is 19.4 Å². The molecular weight excluding hydrogens is 220 g/mol. The van der Waals surface area contributed by atoms with E-state index in [0.29, 0.717) is 18.1 Å². The minimum atomic E-state index is 0.225. The van der Waals surface area contributed by atoms with Gasteiger partial charge in [-0.2, -0.15) is 15.1 Å². The van der Waals surface area contributed by atoms with Crippen LogP contribution in [0, 0.1) is 0 Å². The lowest BCUT2D eigenvalue weighted by Crippen LogP contribution is -2.18. The molecule has 2 aromatic rings. The van der Waals surface area contributed by atoms with Gasteiger partial charge in [0, 0.05) is 19.8 Å². The molecule has 0 saturated carbocycles. The lowest BCUT2D eigenvalue weighted by molar-refractivity contribution is 0.191. The van der Waals surface area contributed by atoms with E-state index in [2.05, 4.69) is 32.4 Å². The van der Waals surface area contributed by atoms with E-state index in [1.807, 2.05) is 0 Å². The molecule has 2 aromatic heterocycles. The number of methoxy groups -OCH3 is 1. The van der Waals surface area contributed by atoms with Crippen LogP contribution in [0.1, 0.15) is 13.3 Å². The molecular formula is C10H16N6O. The predicted octanol–water partition coefficient (Wildman–Crippen LogP) is 0.772. The topological polar surface area (TPSA) is 102 Å². The van der Waals surface area contributed by atoms with Gasteiger partial charge in [0.2, 0.25) is 5.95 Å². The number of aromatic nitrogens is 4. The SMILES string of the molecule is COCCC(C)Nc1nc(N)nc2[nH]ncc12. The molecule has 0 fully saturated rings. The highest BCUT2D eigenvalue weighted by Crippen LogP contribution is 2.19. The maximum atomic E-state index is 5.63. The first-order chi connectivity index (χ1) is 8.20. The first-order valence-corrected chi connectivity index (χ1v) is 5.42. The number of ether oxygens (including phenoxy) is 1. The highest BCUT2D eigenvalue weighted by atomic mass is 16.5. The van der Waals surface area contributed by atoms with Crippen molar-refractivity contribution in [1.29, 1.82) is 0 Å². The van der Waals surface area contributed by atoms with Crippen molar-refractivity contribution in [3.63, 3.8) is 0 Å². The van der Waals surface area contributed by atoms with Crippen LogP contribution in [0.25, 0.3) is 11.0 Å². The molecule has 7 heteroatoms. The van der Waals surface area contributed by atoms with Gasteiger partial charge in [0.15, 0.2) is 5.65 Å². The van der Waals surface area contributed by atoms with Crippen molar-refractivity contribution >= 4 is 22.8 Å². The van der Waals surface area contributed by atoms with Crippen LogP contribution in [0.3, 0.4) is 0 Å². The van der Waals surface area contributed by atoms with E-state index < -0.39 is 0 Å². The summed E-state index contributed by atoms with van der Waals surface area (Å²) in [5, 5.41) is 10.8. The Morgan fingerprint density at radius 3 is 3.12 bits per heavy atom. The second kappa shape index (κ2) is 4.96. The van der Waals surface area contributed by atoms with Crippen molar-refractivity contribution < 1.29 is 4.74 Å². The molecule has 0 radical (unpaired) electrons. The molecule has 0 aliphatic rings. The van der Waals surface area contributed by atoms with Crippen molar-refractivity contribution in [2.24, 2.45) is 0 Å². The standard InChI is InChI=1S/C10H16N6O/c1-6(3-4-17-2)13-8-7-5-12-16-9(7)15-10(11)14-8/h5-6H,3-4H2,1-2H3,(H4,11,12,13,14,15,16). The van der Waals surface area contributed by atoms with E-state index >= 15 is 0 Å². The molecule has 0 bridgehead atoms. The van der Waals surface area contributed by atoms with Crippen LogP contribution in [0.2, 0.25) is 0 Å². The Hall–Kier alpha value is -1.89. The Bertz CT molecular complexity index is 497. The number of nitrogens with zero attached hydrogens (tertiary/aromatic N) is 3. The zero-order valence-corrected chi connectivity index (χ0v) is 9.90. The summed E-state index contributed by atoms with van der Waals surface area (Å²) in [7, 11) is 1.68. The molecule has 92 valence electrons. The summed E-state index contributed by atoms with van der Waals surface area (Å²) >= 11 is 0. The fourth-order valence-corrected chi connectivity index (χ4v) is 1.56. The number of rotatable bonds is 5. The van der Waals surface area contributed by atoms with Gasteiger partial charge in [-0.05, 0) is 13.3 Å². The molecule has 1 atom stereocenters. The third kappa shape index (κ3) is 2.62. The third-order valence-electron chi connectivity index (χ3n) is 2.47. The maximum absolute atomic E-state index is 5.63. The predicted molar refractivity (Wildman–Crippen MR) is 65.7 cm³/mol. The van der Waals surface area contributed by atoms with Crippen LogP contribution < -0.4 is 11.1 Å². The van der Waals surface area contributed by atoms with Crippen molar-refractivity contribution in [3.8, 4) is 0 Å². The number of nitrogens with two attached hydrogens (primary N) is 1. The highest BCUT2D eigenvalue weighted by Gasteiger charge is 2.10. The smallest absolute Gasteiger partial charge is 0.224 e. The molecule has 0 aromatic carbocycles. The number of hydrogen-bond donors (Lipinski definition) is 3. The Balaban J connectivity index is 2.19. The van der Waals surface area contributed by atoms with E-state index in [-0.39, 0.29) is 12.0 Å². The van der Waals surface area contributed by atoms with E-state index in [1.165, 1.54) is 0 Å². The lowest BCUT2D eigenvalue weighted by atomic mass is 10.2. The number of nitrogen functional groups attached to an aromatic ring is 1. The Labute approximate surface area is 98.8 Å². The van der Waals surface area contributed by atoms with Gasteiger partial charge < -0.3 is 15.8 Å². The summed E-state index contributed by atoms with van der Waals surface area (Å²) in [6.45, 7) is 2.76. The summed E-state index contributed by atoms with van der Waals surface area (Å²) in [6.07, 6.45) is 2.57. The van der Waals surface area contributed by atoms with Gasteiger partial charge in [-0.1, -0.05) is 0 Å². The number of hydrogen-bond acceptors (Lipinski definition) is 6. The van der Waals surface area contributed by atoms with Gasteiger partial charge in [0.05, 0.1) is 11.6 Å². The number of aromatic amines is 1. The number of nitrogens with one attached hydrogen (secondary N) is 2. The normalized spacial score (nSPS) is 12.8. The van der Waals surface area contributed by atoms with Gasteiger partial charge in [-0.25, -0.2) is 0 Å². The minimum absolute atomic E-state index is 0.225. The van der Waals surface area contributed by atoms with E-state index in [9.17, 15) is 0 Å². The van der Waals surface area contributed by atoms with Crippen LogP contribution >= 0.6 is 0 Å². The summed E-state index contributed by atoms with van der Waals surface area (Å²) < 4.78 is 5.03. The van der Waals surface area contributed by atoms with Crippen molar-refractivity contribution in [1.82, 2.24) is 20.2 Å².